The highest BCUT2D eigenvalue weighted by molar-refractivity contribution is 7.66. The monoisotopic (exact) mass is 492 g/mol. The van der Waals surface area contributed by atoms with Gasteiger partial charge in [0.15, 0.2) is 11.5 Å². The van der Waals surface area contributed by atoms with Crippen molar-refractivity contribution in [3.63, 3.8) is 0 Å². The Balaban J connectivity index is 1.61. The molecular formula is C13H19O14P3. The van der Waals surface area contributed by atoms with E-state index in [1.807, 2.05) is 0 Å². The topological polar surface area (TPSA) is 208 Å². The molecule has 5 N–H and O–H groups in total. The number of aliphatic hydroxyl groups excluding tert-OH is 1. The van der Waals surface area contributed by atoms with Crippen molar-refractivity contribution in [1.29, 1.82) is 0 Å². The Hall–Kier alpha value is -0.850. The first-order valence-corrected chi connectivity index (χ1v) is 12.8. The van der Waals surface area contributed by atoms with E-state index in [0.29, 0.717) is 17.1 Å². The predicted octanol–water partition coefficient (Wildman–Crippen LogP) is 1.26. The van der Waals surface area contributed by atoms with Crippen LogP contribution in [0.4, 0.5) is 0 Å². The van der Waals surface area contributed by atoms with E-state index >= 15 is 0 Å². The van der Waals surface area contributed by atoms with Crippen LogP contribution in [0.3, 0.4) is 0 Å². The summed E-state index contributed by atoms with van der Waals surface area (Å²) in [5, 5.41) is 10.2. The van der Waals surface area contributed by atoms with Crippen molar-refractivity contribution in [3.8, 4) is 11.5 Å². The molecule has 17 heteroatoms. The average Bonchev–Trinajstić information content (AvgIpc) is 3.14. The lowest BCUT2D eigenvalue weighted by atomic mass is 9.99. The number of rotatable bonds is 8. The highest BCUT2D eigenvalue weighted by Crippen LogP contribution is 2.66. The zero-order valence-electron chi connectivity index (χ0n) is 15.3. The van der Waals surface area contributed by atoms with Gasteiger partial charge in [0.1, 0.15) is 6.10 Å². The first kappa shape index (κ1) is 23.8. The van der Waals surface area contributed by atoms with Crippen LogP contribution < -0.4 is 9.47 Å². The van der Waals surface area contributed by atoms with Gasteiger partial charge in [-0.1, -0.05) is 0 Å². The van der Waals surface area contributed by atoms with Gasteiger partial charge in [-0.25, -0.2) is 13.7 Å². The van der Waals surface area contributed by atoms with Crippen LogP contribution in [-0.4, -0.2) is 50.3 Å². The predicted molar refractivity (Wildman–Crippen MR) is 95.4 cm³/mol. The van der Waals surface area contributed by atoms with Crippen LogP contribution in [-0.2, 0) is 31.6 Å². The molecule has 1 saturated heterocycles. The Morgan fingerprint density at radius 2 is 1.67 bits per heavy atom. The van der Waals surface area contributed by atoms with Crippen LogP contribution >= 0.6 is 23.5 Å². The molecule has 0 saturated carbocycles. The Morgan fingerprint density at radius 1 is 1.03 bits per heavy atom. The molecule has 0 aliphatic carbocycles. The van der Waals surface area contributed by atoms with Crippen molar-refractivity contribution in [1.82, 2.24) is 0 Å². The van der Waals surface area contributed by atoms with Crippen molar-refractivity contribution >= 4 is 23.5 Å². The molecule has 1 aromatic carbocycles. The zero-order valence-corrected chi connectivity index (χ0v) is 17.9. The zero-order chi connectivity index (χ0) is 22.3. The summed E-state index contributed by atoms with van der Waals surface area (Å²) in [4.78, 5) is 35.6. The highest BCUT2D eigenvalue weighted by Gasteiger charge is 2.43. The molecule has 3 unspecified atom stereocenters. The maximum Gasteiger partial charge on any atom is 0.490 e. The van der Waals surface area contributed by atoms with Gasteiger partial charge in [0.05, 0.1) is 18.8 Å². The Bertz CT molecular complexity index is 943. The largest absolute Gasteiger partial charge is 0.490 e. The fraction of sp³-hybridized carbons (Fsp3) is 0.538. The van der Waals surface area contributed by atoms with Gasteiger partial charge < -0.3 is 38.9 Å². The summed E-state index contributed by atoms with van der Waals surface area (Å²) in [6.45, 7) is 1.15. The van der Waals surface area contributed by atoms with E-state index < -0.39 is 48.4 Å². The fourth-order valence-electron chi connectivity index (χ4n) is 2.96. The summed E-state index contributed by atoms with van der Waals surface area (Å²) in [6.07, 6.45) is -2.72. The third-order valence-electron chi connectivity index (χ3n) is 4.15. The number of fused-ring (bicyclic) bond motifs is 1. The quantitative estimate of drug-likeness (QED) is 0.324. The number of aryl methyl sites for hydroxylation is 1. The van der Waals surface area contributed by atoms with Crippen LogP contribution in [0.2, 0.25) is 0 Å². The Kier molecular flexibility index (Phi) is 6.82. The SMILES string of the molecule is Cc1cc2c(cc1[C@H]1CC(O)[C@@H](COP(=O)(O)OP(=O)(O)OP(=O)(O)O)O1)OCO2. The van der Waals surface area contributed by atoms with E-state index in [0.717, 1.165) is 5.56 Å². The summed E-state index contributed by atoms with van der Waals surface area (Å²) < 4.78 is 61.7. The van der Waals surface area contributed by atoms with Crippen molar-refractivity contribution in [2.45, 2.75) is 31.7 Å². The summed E-state index contributed by atoms with van der Waals surface area (Å²) >= 11 is 0. The van der Waals surface area contributed by atoms with Crippen LogP contribution in [0.1, 0.15) is 23.7 Å². The molecule has 0 aromatic heterocycles. The van der Waals surface area contributed by atoms with E-state index in [2.05, 4.69) is 13.1 Å². The maximum atomic E-state index is 11.8. The van der Waals surface area contributed by atoms with Gasteiger partial charge in [-0.05, 0) is 30.2 Å². The number of benzene rings is 1. The van der Waals surface area contributed by atoms with E-state index in [9.17, 15) is 23.7 Å². The van der Waals surface area contributed by atoms with Crippen LogP contribution in [0, 0.1) is 6.92 Å². The highest BCUT2D eigenvalue weighted by atomic mass is 31.3. The molecule has 0 spiro atoms. The third-order valence-corrected chi connectivity index (χ3v) is 7.95. The molecule has 5 atom stereocenters. The number of phosphoric acid groups is 3. The van der Waals surface area contributed by atoms with Crippen LogP contribution in [0.25, 0.3) is 0 Å². The molecule has 2 aliphatic heterocycles. The molecule has 0 radical (unpaired) electrons. The van der Waals surface area contributed by atoms with E-state index in [1.54, 1.807) is 19.1 Å². The summed E-state index contributed by atoms with van der Waals surface area (Å²) in [7, 11) is -16.4. The number of phosphoric ester groups is 1. The number of aliphatic hydroxyl groups is 1. The molecule has 1 fully saturated rings. The van der Waals surface area contributed by atoms with E-state index in [-0.39, 0.29) is 13.2 Å². The summed E-state index contributed by atoms with van der Waals surface area (Å²) in [5.41, 5.74) is 1.49. The van der Waals surface area contributed by atoms with Gasteiger partial charge in [0.25, 0.3) is 0 Å². The lowest BCUT2D eigenvalue weighted by molar-refractivity contribution is -0.0222. The van der Waals surface area contributed by atoms with E-state index in [4.69, 9.17) is 28.9 Å². The minimum Gasteiger partial charge on any atom is -0.454 e. The smallest absolute Gasteiger partial charge is 0.454 e. The van der Waals surface area contributed by atoms with Gasteiger partial charge in [0.2, 0.25) is 6.79 Å². The molecule has 30 heavy (non-hydrogen) atoms. The molecule has 0 bridgehead atoms. The second kappa shape index (κ2) is 8.59. The second-order valence-corrected chi connectivity index (χ2v) is 10.8. The van der Waals surface area contributed by atoms with Gasteiger partial charge >= 0.3 is 23.5 Å². The third kappa shape index (κ3) is 6.10. The molecule has 2 heterocycles. The van der Waals surface area contributed by atoms with Crippen LogP contribution in [0.15, 0.2) is 12.1 Å². The number of hydrogen-bond acceptors (Lipinski definition) is 10. The van der Waals surface area contributed by atoms with Gasteiger partial charge in [-0.3, -0.25) is 4.52 Å². The van der Waals surface area contributed by atoms with Gasteiger partial charge in [-0.2, -0.15) is 8.62 Å². The first-order chi connectivity index (χ1) is 13.7. The Morgan fingerprint density at radius 3 is 2.30 bits per heavy atom. The number of ether oxygens (including phenoxy) is 3. The first-order valence-electron chi connectivity index (χ1n) is 8.27. The lowest BCUT2D eigenvalue weighted by Crippen LogP contribution is -2.26. The molecular weight excluding hydrogens is 473 g/mol. The minimum absolute atomic E-state index is 0.0784. The number of hydrogen-bond donors (Lipinski definition) is 5. The Labute approximate surface area is 169 Å². The van der Waals surface area contributed by atoms with Crippen molar-refractivity contribution in [2.24, 2.45) is 0 Å². The maximum absolute atomic E-state index is 11.8. The molecule has 0 amide bonds. The summed E-state index contributed by atoms with van der Waals surface area (Å²) in [5.74, 6) is 1.07. The second-order valence-electron chi connectivity index (χ2n) is 6.42. The molecule has 170 valence electrons. The standard InChI is InChI=1S/C13H19O14P3/c1-7-2-11-12(23-6-22-11)3-8(7)10-4-9(14)13(25-10)5-24-29(18,19)27-30(20,21)26-28(15,16)17/h2-3,9-10,13-14H,4-6H2,1H3,(H,18,19)(H,20,21)(H2,15,16,17)/t9?,10-,13-/m1/s1. The van der Waals surface area contributed by atoms with Crippen molar-refractivity contribution in [3.05, 3.63) is 23.3 Å². The molecule has 2 aliphatic rings. The average molecular weight is 492 g/mol. The van der Waals surface area contributed by atoms with Gasteiger partial charge in [0, 0.05) is 6.42 Å². The van der Waals surface area contributed by atoms with Crippen molar-refractivity contribution in [2.75, 3.05) is 13.4 Å². The fourth-order valence-corrected chi connectivity index (χ4v) is 5.99. The normalized spacial score (nSPS) is 27.6. The van der Waals surface area contributed by atoms with Crippen LogP contribution in [0.5, 0.6) is 11.5 Å². The minimum atomic E-state index is -5.62. The lowest BCUT2D eigenvalue weighted by Gasteiger charge is -2.19. The molecule has 1 aromatic rings. The summed E-state index contributed by atoms with van der Waals surface area (Å²) in [6, 6.07) is 3.44. The van der Waals surface area contributed by atoms with Gasteiger partial charge in [-0.15, -0.1) is 0 Å². The van der Waals surface area contributed by atoms with Crippen molar-refractivity contribution < 1.29 is 65.7 Å². The van der Waals surface area contributed by atoms with E-state index in [1.165, 1.54) is 0 Å². The molecule has 14 nitrogen and oxygen atoms in total. The molecule has 3 rings (SSSR count).